The fraction of sp³-hybridized carbons (Fsp3) is 0.357. The predicted molar refractivity (Wildman–Crippen MR) is 61.7 cm³/mol. The third-order valence-electron chi connectivity index (χ3n) is 2.88. The number of rotatable bonds is 3. The molecule has 78 valence electrons. The largest absolute Gasteiger partial charge is 0.295 e. The van der Waals surface area contributed by atoms with Crippen LogP contribution >= 0.6 is 0 Å². The molecule has 0 saturated carbocycles. The first-order valence-corrected chi connectivity index (χ1v) is 5.62. The molecule has 0 atom stereocenters. The lowest BCUT2D eigenvalue weighted by Crippen LogP contribution is -2.07. The quantitative estimate of drug-likeness (QED) is 0.731. The second-order valence-corrected chi connectivity index (χ2v) is 4.03. The van der Waals surface area contributed by atoms with Gasteiger partial charge in [-0.15, -0.1) is 0 Å². The average Bonchev–Trinajstić information content (AvgIpc) is 2.29. The van der Waals surface area contributed by atoms with Crippen LogP contribution < -0.4 is 0 Å². The summed E-state index contributed by atoms with van der Waals surface area (Å²) in [5.74, 6) is 0.359. The summed E-state index contributed by atoms with van der Waals surface area (Å²) in [6.45, 7) is 0. The fourth-order valence-corrected chi connectivity index (χ4v) is 1.98. The lowest BCUT2D eigenvalue weighted by molar-refractivity contribution is -0.116. The van der Waals surface area contributed by atoms with E-state index >= 15 is 0 Å². The molecule has 0 unspecified atom stereocenters. The molecule has 1 nitrogen and oxygen atoms in total. The molecule has 0 spiro atoms. The number of carbonyl (C=O) groups excluding carboxylic acids is 1. The van der Waals surface area contributed by atoms with Crippen molar-refractivity contribution >= 4 is 5.78 Å². The number of hydrogen-bond acceptors (Lipinski definition) is 1. The Morgan fingerprint density at radius 3 is 2.60 bits per heavy atom. The summed E-state index contributed by atoms with van der Waals surface area (Å²) in [6, 6.07) is 10.4. The maximum Gasteiger partial charge on any atom is 0.158 e. The van der Waals surface area contributed by atoms with Crippen LogP contribution in [-0.2, 0) is 11.2 Å². The molecular formula is C14H16O. The maximum atomic E-state index is 11.5. The van der Waals surface area contributed by atoms with Crippen molar-refractivity contribution < 1.29 is 4.79 Å². The predicted octanol–water partition coefficient (Wildman–Crippen LogP) is 3.30. The summed E-state index contributed by atoms with van der Waals surface area (Å²) in [6.07, 6.45) is 6.88. The fourth-order valence-electron chi connectivity index (χ4n) is 1.98. The molecule has 1 aromatic rings. The van der Waals surface area contributed by atoms with Crippen molar-refractivity contribution in [2.75, 3.05) is 0 Å². The summed E-state index contributed by atoms with van der Waals surface area (Å²) in [5, 5.41) is 0. The Labute approximate surface area is 90.8 Å². The average molecular weight is 200 g/mol. The van der Waals surface area contributed by atoms with Gasteiger partial charge in [0.15, 0.2) is 5.78 Å². The van der Waals surface area contributed by atoms with Crippen LogP contribution in [0.2, 0.25) is 0 Å². The zero-order chi connectivity index (χ0) is 10.5. The van der Waals surface area contributed by atoms with Gasteiger partial charge in [-0.3, -0.25) is 4.79 Å². The van der Waals surface area contributed by atoms with Crippen molar-refractivity contribution in [2.24, 2.45) is 0 Å². The van der Waals surface area contributed by atoms with E-state index in [1.54, 1.807) is 0 Å². The number of benzene rings is 1. The lowest BCUT2D eigenvalue weighted by atomic mass is 9.93. The van der Waals surface area contributed by atoms with Crippen molar-refractivity contribution in [3.8, 4) is 0 Å². The number of hydrogen-bond donors (Lipinski definition) is 0. The minimum Gasteiger partial charge on any atom is -0.295 e. The van der Waals surface area contributed by atoms with Crippen LogP contribution in [0.3, 0.4) is 0 Å². The summed E-state index contributed by atoms with van der Waals surface area (Å²) < 4.78 is 0. The van der Waals surface area contributed by atoms with Crippen LogP contribution in [-0.4, -0.2) is 5.78 Å². The van der Waals surface area contributed by atoms with Gasteiger partial charge in [0.1, 0.15) is 0 Å². The minimum absolute atomic E-state index is 0.359. The first-order chi connectivity index (χ1) is 7.36. The molecule has 0 aromatic heterocycles. The van der Waals surface area contributed by atoms with Gasteiger partial charge >= 0.3 is 0 Å². The van der Waals surface area contributed by atoms with Gasteiger partial charge in [-0.1, -0.05) is 36.4 Å². The number of carbonyl (C=O) groups is 1. The molecule has 0 radical (unpaired) electrons. The lowest BCUT2D eigenvalue weighted by Gasteiger charge is -2.11. The number of Topliss-reactive ketones (excluding diaryl/α,β-unsaturated/α-hetero) is 1. The second-order valence-electron chi connectivity index (χ2n) is 4.03. The highest BCUT2D eigenvalue weighted by Gasteiger charge is 2.12. The first-order valence-electron chi connectivity index (χ1n) is 5.62. The standard InChI is InChI=1S/C14H16O/c15-14-9-5-4-8-13(14)11-10-12-6-2-1-3-7-12/h1-3,6-8H,4-5,9-11H2. The number of aryl methyl sites for hydroxylation is 1. The minimum atomic E-state index is 0.359. The third kappa shape index (κ3) is 2.79. The number of ketones is 1. The van der Waals surface area contributed by atoms with E-state index in [9.17, 15) is 4.79 Å². The van der Waals surface area contributed by atoms with Gasteiger partial charge in [-0.25, -0.2) is 0 Å². The Hall–Kier alpha value is -1.37. The van der Waals surface area contributed by atoms with Gasteiger partial charge < -0.3 is 0 Å². The van der Waals surface area contributed by atoms with Crippen molar-refractivity contribution in [3.63, 3.8) is 0 Å². The van der Waals surface area contributed by atoms with E-state index in [0.717, 1.165) is 37.7 Å². The highest BCUT2D eigenvalue weighted by Crippen LogP contribution is 2.18. The Morgan fingerprint density at radius 2 is 1.87 bits per heavy atom. The first kappa shape index (κ1) is 10.2. The molecule has 0 bridgehead atoms. The van der Waals surface area contributed by atoms with E-state index in [-0.39, 0.29) is 0 Å². The van der Waals surface area contributed by atoms with Crippen LogP contribution in [0.1, 0.15) is 31.2 Å². The summed E-state index contributed by atoms with van der Waals surface area (Å²) in [7, 11) is 0. The van der Waals surface area contributed by atoms with E-state index in [0.29, 0.717) is 5.78 Å². The molecule has 1 heteroatoms. The Balaban J connectivity index is 1.93. The molecule has 1 aromatic carbocycles. The van der Waals surface area contributed by atoms with Gasteiger partial charge in [0.25, 0.3) is 0 Å². The normalized spacial score (nSPS) is 16.3. The summed E-state index contributed by atoms with van der Waals surface area (Å²) >= 11 is 0. The topological polar surface area (TPSA) is 17.1 Å². The molecular weight excluding hydrogens is 184 g/mol. The smallest absolute Gasteiger partial charge is 0.158 e. The Bertz CT molecular complexity index is 362. The molecule has 1 aliphatic rings. The van der Waals surface area contributed by atoms with Crippen LogP contribution in [0, 0.1) is 0 Å². The van der Waals surface area contributed by atoms with E-state index in [4.69, 9.17) is 0 Å². The van der Waals surface area contributed by atoms with Crippen molar-refractivity contribution in [1.82, 2.24) is 0 Å². The zero-order valence-corrected chi connectivity index (χ0v) is 8.91. The van der Waals surface area contributed by atoms with Crippen molar-refractivity contribution in [2.45, 2.75) is 32.1 Å². The zero-order valence-electron chi connectivity index (χ0n) is 8.91. The van der Waals surface area contributed by atoms with Crippen LogP contribution in [0.25, 0.3) is 0 Å². The van der Waals surface area contributed by atoms with E-state index in [2.05, 4.69) is 18.2 Å². The highest BCUT2D eigenvalue weighted by atomic mass is 16.1. The molecule has 1 aliphatic carbocycles. The van der Waals surface area contributed by atoms with Gasteiger partial charge in [0.2, 0.25) is 0 Å². The number of allylic oxidation sites excluding steroid dienone is 2. The SMILES string of the molecule is O=C1CCCC=C1CCc1ccccc1. The van der Waals surface area contributed by atoms with Crippen molar-refractivity contribution in [1.29, 1.82) is 0 Å². The van der Waals surface area contributed by atoms with Crippen LogP contribution in [0.5, 0.6) is 0 Å². The van der Waals surface area contributed by atoms with Crippen molar-refractivity contribution in [3.05, 3.63) is 47.5 Å². The summed E-state index contributed by atoms with van der Waals surface area (Å²) in [4.78, 5) is 11.5. The van der Waals surface area contributed by atoms with Crippen LogP contribution in [0.15, 0.2) is 42.0 Å². The van der Waals surface area contributed by atoms with Gasteiger partial charge in [0.05, 0.1) is 0 Å². The van der Waals surface area contributed by atoms with Gasteiger partial charge in [-0.2, -0.15) is 0 Å². The maximum absolute atomic E-state index is 11.5. The highest BCUT2D eigenvalue weighted by molar-refractivity contribution is 5.95. The molecule has 0 saturated heterocycles. The van der Waals surface area contributed by atoms with Gasteiger partial charge in [-0.05, 0) is 36.8 Å². The molecule has 0 N–H and O–H groups in total. The monoisotopic (exact) mass is 200 g/mol. The molecule has 2 rings (SSSR count). The Morgan fingerprint density at radius 1 is 1.07 bits per heavy atom. The molecule has 0 fully saturated rings. The summed E-state index contributed by atoms with van der Waals surface area (Å²) in [5.41, 5.74) is 2.36. The second kappa shape index (κ2) is 4.92. The molecule has 0 amide bonds. The van der Waals surface area contributed by atoms with E-state index in [1.165, 1.54) is 5.56 Å². The van der Waals surface area contributed by atoms with E-state index < -0.39 is 0 Å². The van der Waals surface area contributed by atoms with Gasteiger partial charge in [0, 0.05) is 6.42 Å². The molecule has 15 heavy (non-hydrogen) atoms. The third-order valence-corrected chi connectivity index (χ3v) is 2.88. The van der Waals surface area contributed by atoms with Crippen LogP contribution in [0.4, 0.5) is 0 Å². The molecule has 0 heterocycles. The molecule has 0 aliphatic heterocycles. The van der Waals surface area contributed by atoms with E-state index in [1.807, 2.05) is 18.2 Å². The Kier molecular flexibility index (Phi) is 3.33.